The molecule has 3 heteroatoms. The lowest BCUT2D eigenvalue weighted by molar-refractivity contribution is 0.336. The van der Waals surface area contributed by atoms with Gasteiger partial charge in [0.05, 0.1) is 0 Å². The molecule has 0 aromatic heterocycles. The number of rotatable bonds is 2. The molecule has 1 aliphatic carbocycles. The number of hydrogen-bond donors (Lipinski definition) is 2. The van der Waals surface area contributed by atoms with Crippen LogP contribution in [0.15, 0.2) is 0 Å². The fourth-order valence-electron chi connectivity index (χ4n) is 1.71. The second-order valence-electron chi connectivity index (χ2n) is 3.74. The molecule has 1 fully saturated rings. The van der Waals surface area contributed by atoms with Crippen molar-refractivity contribution in [2.45, 2.75) is 32.6 Å². The smallest absolute Gasteiger partial charge is 0.163 e. The van der Waals surface area contributed by atoms with Crippen LogP contribution in [0.4, 0.5) is 0 Å². The van der Waals surface area contributed by atoms with Crippen LogP contribution in [0.2, 0.25) is 0 Å². The number of nitrogens with two attached hydrogens (primary N) is 1. The van der Waals surface area contributed by atoms with Crippen molar-refractivity contribution in [1.82, 2.24) is 5.32 Å². The summed E-state index contributed by atoms with van der Waals surface area (Å²) in [6, 6.07) is 0. The van der Waals surface area contributed by atoms with Gasteiger partial charge in [-0.25, -0.2) is 0 Å². The predicted octanol–water partition coefficient (Wildman–Crippen LogP) is 1.40. The molecule has 2 nitrogen and oxygen atoms in total. The highest BCUT2D eigenvalue weighted by atomic mass is 32.1. The van der Waals surface area contributed by atoms with Gasteiger partial charge in [0, 0.05) is 6.54 Å². The highest BCUT2D eigenvalue weighted by molar-refractivity contribution is 7.80. The van der Waals surface area contributed by atoms with Crippen LogP contribution in [0, 0.1) is 5.41 Å². The minimum atomic E-state index is 0.429. The molecule has 0 aliphatic heterocycles. The van der Waals surface area contributed by atoms with Crippen LogP contribution in [-0.4, -0.2) is 11.7 Å². The first-order valence-corrected chi connectivity index (χ1v) is 4.57. The first kappa shape index (κ1) is 8.78. The molecule has 0 aromatic carbocycles. The van der Waals surface area contributed by atoms with Crippen molar-refractivity contribution in [3.63, 3.8) is 0 Å². The molecule has 0 bridgehead atoms. The van der Waals surface area contributed by atoms with E-state index in [0.29, 0.717) is 10.5 Å². The number of thiocarbonyl (C=S) groups is 1. The van der Waals surface area contributed by atoms with Gasteiger partial charge < -0.3 is 11.1 Å². The lowest BCUT2D eigenvalue weighted by atomic mass is 9.89. The van der Waals surface area contributed by atoms with Gasteiger partial charge in [-0.2, -0.15) is 0 Å². The summed E-state index contributed by atoms with van der Waals surface area (Å²) in [6.07, 6.45) is 5.33. The molecule has 0 spiro atoms. The van der Waals surface area contributed by atoms with Crippen molar-refractivity contribution in [3.05, 3.63) is 0 Å². The summed E-state index contributed by atoms with van der Waals surface area (Å²) < 4.78 is 0. The fraction of sp³-hybridized carbons (Fsp3) is 0.875. The Labute approximate surface area is 73.5 Å². The zero-order chi connectivity index (χ0) is 8.32. The van der Waals surface area contributed by atoms with E-state index in [1.807, 2.05) is 0 Å². The van der Waals surface area contributed by atoms with Crippen LogP contribution < -0.4 is 11.1 Å². The highest BCUT2D eigenvalue weighted by Crippen LogP contribution is 2.36. The molecular weight excluding hydrogens is 156 g/mol. The monoisotopic (exact) mass is 172 g/mol. The zero-order valence-corrected chi connectivity index (χ0v) is 7.84. The molecule has 0 atom stereocenters. The van der Waals surface area contributed by atoms with Crippen LogP contribution in [0.1, 0.15) is 32.6 Å². The summed E-state index contributed by atoms with van der Waals surface area (Å²) in [7, 11) is 0. The maximum Gasteiger partial charge on any atom is 0.163 e. The Kier molecular flexibility index (Phi) is 2.71. The van der Waals surface area contributed by atoms with Crippen molar-refractivity contribution in [1.29, 1.82) is 0 Å². The van der Waals surface area contributed by atoms with Gasteiger partial charge in [-0.1, -0.05) is 19.8 Å². The molecule has 0 amide bonds. The van der Waals surface area contributed by atoms with Gasteiger partial charge in [-0.05, 0) is 30.5 Å². The van der Waals surface area contributed by atoms with Crippen molar-refractivity contribution in [2.24, 2.45) is 11.1 Å². The van der Waals surface area contributed by atoms with Gasteiger partial charge in [0.15, 0.2) is 5.11 Å². The molecule has 11 heavy (non-hydrogen) atoms. The molecule has 0 radical (unpaired) electrons. The standard InChI is InChI=1S/C8H16N2S/c1-8(4-2-3-5-8)6-10-7(9)11/h2-6H2,1H3,(H3,9,10,11). The summed E-state index contributed by atoms with van der Waals surface area (Å²) in [5, 5.41) is 3.47. The zero-order valence-electron chi connectivity index (χ0n) is 7.02. The quantitative estimate of drug-likeness (QED) is 0.618. The van der Waals surface area contributed by atoms with Crippen molar-refractivity contribution in [3.8, 4) is 0 Å². The van der Waals surface area contributed by atoms with E-state index in [1.54, 1.807) is 0 Å². The molecule has 3 N–H and O–H groups in total. The molecule has 1 saturated carbocycles. The molecule has 0 unspecified atom stereocenters. The lowest BCUT2D eigenvalue weighted by Crippen LogP contribution is -2.37. The molecular formula is C8H16N2S. The van der Waals surface area contributed by atoms with Crippen LogP contribution >= 0.6 is 12.2 Å². The third kappa shape index (κ3) is 2.66. The van der Waals surface area contributed by atoms with E-state index >= 15 is 0 Å². The van der Waals surface area contributed by atoms with E-state index in [0.717, 1.165) is 6.54 Å². The van der Waals surface area contributed by atoms with Gasteiger partial charge in [0.2, 0.25) is 0 Å². The van der Waals surface area contributed by atoms with Crippen LogP contribution in [0.25, 0.3) is 0 Å². The average Bonchev–Trinajstić information content (AvgIpc) is 2.33. The largest absolute Gasteiger partial charge is 0.376 e. The van der Waals surface area contributed by atoms with Gasteiger partial charge in [0.25, 0.3) is 0 Å². The predicted molar refractivity (Wildman–Crippen MR) is 51.4 cm³/mol. The van der Waals surface area contributed by atoms with Gasteiger partial charge in [0.1, 0.15) is 0 Å². The van der Waals surface area contributed by atoms with Crippen LogP contribution in [-0.2, 0) is 0 Å². The summed E-state index contributed by atoms with van der Waals surface area (Å²) in [6.45, 7) is 3.24. The maximum atomic E-state index is 5.35. The van der Waals surface area contributed by atoms with Crippen molar-refractivity contribution >= 4 is 17.3 Å². The first-order chi connectivity index (χ1) is 5.12. The Bertz CT molecular complexity index is 150. The normalized spacial score (nSPS) is 21.5. The van der Waals surface area contributed by atoms with E-state index in [4.69, 9.17) is 18.0 Å². The third-order valence-electron chi connectivity index (χ3n) is 2.50. The highest BCUT2D eigenvalue weighted by Gasteiger charge is 2.28. The third-order valence-corrected chi connectivity index (χ3v) is 2.64. The Morgan fingerprint density at radius 1 is 1.55 bits per heavy atom. The second-order valence-corrected chi connectivity index (χ2v) is 4.18. The summed E-state index contributed by atoms with van der Waals surface area (Å²) in [5.74, 6) is 0. The topological polar surface area (TPSA) is 38.0 Å². The summed E-state index contributed by atoms with van der Waals surface area (Å²) >= 11 is 4.75. The molecule has 0 saturated heterocycles. The van der Waals surface area contributed by atoms with Gasteiger partial charge in [-0.3, -0.25) is 0 Å². The molecule has 64 valence electrons. The average molecular weight is 172 g/mol. The van der Waals surface area contributed by atoms with Crippen molar-refractivity contribution in [2.75, 3.05) is 6.54 Å². The number of hydrogen-bond acceptors (Lipinski definition) is 1. The SMILES string of the molecule is CC1(CNC(N)=S)CCCC1. The number of nitrogens with one attached hydrogen (secondary N) is 1. The molecule has 0 heterocycles. The minimum Gasteiger partial charge on any atom is -0.376 e. The minimum absolute atomic E-state index is 0.429. The Morgan fingerprint density at radius 2 is 2.09 bits per heavy atom. The summed E-state index contributed by atoms with van der Waals surface area (Å²) in [5.41, 5.74) is 5.80. The molecule has 1 aliphatic rings. The second kappa shape index (κ2) is 3.39. The molecule has 1 rings (SSSR count). The Morgan fingerprint density at radius 3 is 2.55 bits per heavy atom. The van der Waals surface area contributed by atoms with E-state index in [-0.39, 0.29) is 0 Å². The Hall–Kier alpha value is -0.310. The Balaban J connectivity index is 2.28. The van der Waals surface area contributed by atoms with E-state index < -0.39 is 0 Å². The summed E-state index contributed by atoms with van der Waals surface area (Å²) in [4.78, 5) is 0. The van der Waals surface area contributed by atoms with E-state index in [9.17, 15) is 0 Å². The van der Waals surface area contributed by atoms with Gasteiger partial charge in [-0.15, -0.1) is 0 Å². The fourth-order valence-corrected chi connectivity index (χ4v) is 1.78. The van der Waals surface area contributed by atoms with Crippen LogP contribution in [0.5, 0.6) is 0 Å². The van der Waals surface area contributed by atoms with Crippen LogP contribution in [0.3, 0.4) is 0 Å². The van der Waals surface area contributed by atoms with Gasteiger partial charge >= 0.3 is 0 Å². The van der Waals surface area contributed by atoms with Crippen molar-refractivity contribution < 1.29 is 0 Å². The maximum absolute atomic E-state index is 5.35. The molecule has 0 aromatic rings. The first-order valence-electron chi connectivity index (χ1n) is 4.16. The van der Waals surface area contributed by atoms with E-state index in [1.165, 1.54) is 25.7 Å². The lowest BCUT2D eigenvalue weighted by Gasteiger charge is -2.23. The van der Waals surface area contributed by atoms with E-state index in [2.05, 4.69) is 12.2 Å².